The van der Waals surface area contributed by atoms with Crippen molar-refractivity contribution in [1.29, 1.82) is 0 Å². The lowest BCUT2D eigenvalue weighted by Gasteiger charge is -2.21. The second-order valence-electron chi connectivity index (χ2n) is 6.54. The fourth-order valence-electron chi connectivity index (χ4n) is 3.44. The highest BCUT2D eigenvalue weighted by Crippen LogP contribution is 2.28. The van der Waals surface area contributed by atoms with Gasteiger partial charge in [-0.15, -0.1) is 0 Å². The van der Waals surface area contributed by atoms with E-state index in [1.54, 1.807) is 0 Å². The SMILES string of the molecule is OCc1cccc(-c2ccc3oc(NC4CCCCC4)nc3c2)c1. The highest BCUT2D eigenvalue weighted by molar-refractivity contribution is 5.81. The number of aromatic nitrogens is 1. The number of hydrogen-bond donors (Lipinski definition) is 2. The van der Waals surface area contributed by atoms with Gasteiger partial charge in [0.25, 0.3) is 6.01 Å². The maximum Gasteiger partial charge on any atom is 0.295 e. The number of aliphatic hydroxyl groups excluding tert-OH is 1. The van der Waals surface area contributed by atoms with Gasteiger partial charge in [-0.05, 0) is 47.7 Å². The van der Waals surface area contributed by atoms with E-state index in [9.17, 15) is 5.11 Å². The molecule has 3 aromatic rings. The van der Waals surface area contributed by atoms with Crippen LogP contribution in [0.1, 0.15) is 37.7 Å². The molecule has 124 valence electrons. The van der Waals surface area contributed by atoms with Crippen LogP contribution in [0, 0.1) is 0 Å². The Bertz CT molecular complexity index is 835. The van der Waals surface area contributed by atoms with Crippen molar-refractivity contribution in [3.8, 4) is 11.1 Å². The third-order valence-corrected chi connectivity index (χ3v) is 4.76. The lowest BCUT2D eigenvalue weighted by atomic mass is 9.96. The Kier molecular flexibility index (Phi) is 4.22. The summed E-state index contributed by atoms with van der Waals surface area (Å²) in [5.74, 6) is 0. The van der Waals surface area contributed by atoms with Crippen LogP contribution in [0.2, 0.25) is 0 Å². The number of nitrogens with one attached hydrogen (secondary N) is 1. The summed E-state index contributed by atoms with van der Waals surface area (Å²) in [6.45, 7) is 0.0511. The van der Waals surface area contributed by atoms with Gasteiger partial charge >= 0.3 is 0 Å². The molecule has 0 aliphatic heterocycles. The van der Waals surface area contributed by atoms with Crippen LogP contribution in [0.25, 0.3) is 22.2 Å². The molecule has 0 unspecified atom stereocenters. The average Bonchev–Trinajstić information content (AvgIpc) is 3.04. The second-order valence-corrected chi connectivity index (χ2v) is 6.54. The molecule has 0 atom stereocenters. The molecule has 1 fully saturated rings. The summed E-state index contributed by atoms with van der Waals surface area (Å²) < 4.78 is 5.84. The molecule has 24 heavy (non-hydrogen) atoms. The van der Waals surface area contributed by atoms with Gasteiger partial charge in [0.1, 0.15) is 5.52 Å². The predicted molar refractivity (Wildman–Crippen MR) is 95.9 cm³/mol. The Morgan fingerprint density at radius 2 is 1.88 bits per heavy atom. The summed E-state index contributed by atoms with van der Waals surface area (Å²) in [4.78, 5) is 4.61. The quantitative estimate of drug-likeness (QED) is 0.729. The van der Waals surface area contributed by atoms with Gasteiger partial charge in [-0.2, -0.15) is 4.98 Å². The lowest BCUT2D eigenvalue weighted by Crippen LogP contribution is -2.22. The summed E-state index contributed by atoms with van der Waals surface area (Å²) >= 11 is 0. The van der Waals surface area contributed by atoms with Crippen molar-refractivity contribution in [3.05, 3.63) is 48.0 Å². The molecule has 2 aromatic carbocycles. The molecule has 2 N–H and O–H groups in total. The molecule has 4 rings (SSSR count). The molecular formula is C20H22N2O2. The highest BCUT2D eigenvalue weighted by Gasteiger charge is 2.16. The fraction of sp³-hybridized carbons (Fsp3) is 0.350. The molecule has 1 aromatic heterocycles. The molecule has 0 saturated heterocycles. The van der Waals surface area contributed by atoms with Crippen LogP contribution in [0.5, 0.6) is 0 Å². The molecule has 1 aliphatic carbocycles. The maximum atomic E-state index is 9.30. The van der Waals surface area contributed by atoms with E-state index in [0.717, 1.165) is 27.8 Å². The first-order valence-corrected chi connectivity index (χ1v) is 8.69. The summed E-state index contributed by atoms with van der Waals surface area (Å²) in [5.41, 5.74) is 4.73. The fourth-order valence-corrected chi connectivity index (χ4v) is 3.44. The number of anilines is 1. The highest BCUT2D eigenvalue weighted by atomic mass is 16.4. The molecular weight excluding hydrogens is 300 g/mol. The van der Waals surface area contributed by atoms with Crippen LogP contribution in [0.15, 0.2) is 46.9 Å². The third kappa shape index (κ3) is 3.15. The zero-order valence-electron chi connectivity index (χ0n) is 13.7. The molecule has 1 aliphatic rings. The Labute approximate surface area is 141 Å². The molecule has 0 spiro atoms. The van der Waals surface area contributed by atoms with E-state index >= 15 is 0 Å². The predicted octanol–water partition coefficient (Wildman–Crippen LogP) is 4.73. The van der Waals surface area contributed by atoms with Gasteiger partial charge in [0.15, 0.2) is 5.58 Å². The van der Waals surface area contributed by atoms with E-state index in [0.29, 0.717) is 12.1 Å². The molecule has 1 heterocycles. The van der Waals surface area contributed by atoms with Gasteiger partial charge in [-0.1, -0.05) is 43.5 Å². The number of rotatable bonds is 4. The van der Waals surface area contributed by atoms with E-state index in [4.69, 9.17) is 4.42 Å². The van der Waals surface area contributed by atoms with Crippen molar-refractivity contribution in [2.45, 2.75) is 44.8 Å². The molecule has 4 nitrogen and oxygen atoms in total. The van der Waals surface area contributed by atoms with Crippen molar-refractivity contribution in [2.75, 3.05) is 5.32 Å². The number of benzene rings is 2. The number of fused-ring (bicyclic) bond motifs is 1. The molecule has 0 amide bonds. The summed E-state index contributed by atoms with van der Waals surface area (Å²) in [5, 5.41) is 12.7. The summed E-state index contributed by atoms with van der Waals surface area (Å²) in [7, 11) is 0. The van der Waals surface area contributed by atoms with Crippen LogP contribution < -0.4 is 5.32 Å². The number of aliphatic hydroxyl groups is 1. The van der Waals surface area contributed by atoms with E-state index in [2.05, 4.69) is 10.3 Å². The minimum Gasteiger partial charge on any atom is -0.424 e. The number of oxazole rings is 1. The molecule has 1 saturated carbocycles. The lowest BCUT2D eigenvalue weighted by molar-refractivity contribution is 0.282. The largest absolute Gasteiger partial charge is 0.424 e. The van der Waals surface area contributed by atoms with Crippen molar-refractivity contribution in [3.63, 3.8) is 0 Å². The van der Waals surface area contributed by atoms with Gasteiger partial charge in [0, 0.05) is 6.04 Å². The maximum absolute atomic E-state index is 9.30. The molecule has 0 bridgehead atoms. The average molecular weight is 322 g/mol. The zero-order valence-corrected chi connectivity index (χ0v) is 13.7. The molecule has 4 heteroatoms. The molecule has 0 radical (unpaired) electrons. The standard InChI is InChI=1S/C20H22N2O2/c23-13-14-5-4-6-15(11-14)16-9-10-19-18(12-16)22-20(24-19)21-17-7-2-1-3-8-17/h4-6,9-12,17,23H,1-3,7-8,13H2,(H,21,22). The minimum absolute atomic E-state index is 0.0511. The van der Waals surface area contributed by atoms with Gasteiger partial charge in [0.05, 0.1) is 6.61 Å². The van der Waals surface area contributed by atoms with Crippen molar-refractivity contribution in [1.82, 2.24) is 4.98 Å². The van der Waals surface area contributed by atoms with Crippen molar-refractivity contribution < 1.29 is 9.52 Å². The Balaban J connectivity index is 1.60. The topological polar surface area (TPSA) is 58.3 Å². The van der Waals surface area contributed by atoms with Gasteiger partial charge in [-0.3, -0.25) is 0 Å². The van der Waals surface area contributed by atoms with Gasteiger partial charge in [0.2, 0.25) is 0 Å². The van der Waals surface area contributed by atoms with E-state index < -0.39 is 0 Å². The van der Waals surface area contributed by atoms with Crippen LogP contribution in [-0.4, -0.2) is 16.1 Å². The Hall–Kier alpha value is -2.33. The minimum atomic E-state index is 0.0511. The van der Waals surface area contributed by atoms with Crippen LogP contribution in [-0.2, 0) is 6.61 Å². The van der Waals surface area contributed by atoms with Crippen LogP contribution in [0.4, 0.5) is 6.01 Å². The summed E-state index contributed by atoms with van der Waals surface area (Å²) in [6.07, 6.45) is 6.28. The van der Waals surface area contributed by atoms with Crippen molar-refractivity contribution >= 4 is 17.1 Å². The van der Waals surface area contributed by atoms with Gasteiger partial charge < -0.3 is 14.8 Å². The normalized spacial score (nSPS) is 15.7. The zero-order chi connectivity index (χ0) is 16.4. The summed E-state index contributed by atoms with van der Waals surface area (Å²) in [6, 6.07) is 15.1. The Morgan fingerprint density at radius 1 is 1.04 bits per heavy atom. The van der Waals surface area contributed by atoms with Gasteiger partial charge in [-0.25, -0.2) is 0 Å². The second kappa shape index (κ2) is 6.65. The number of nitrogens with zero attached hydrogens (tertiary/aromatic N) is 1. The van der Waals surface area contributed by atoms with Crippen molar-refractivity contribution in [2.24, 2.45) is 0 Å². The first kappa shape index (κ1) is 15.2. The van der Waals surface area contributed by atoms with Crippen LogP contribution >= 0.6 is 0 Å². The van der Waals surface area contributed by atoms with E-state index in [1.807, 2.05) is 42.5 Å². The first-order chi connectivity index (χ1) is 11.8. The smallest absolute Gasteiger partial charge is 0.295 e. The Morgan fingerprint density at radius 3 is 2.71 bits per heavy atom. The van der Waals surface area contributed by atoms with E-state index in [1.165, 1.54) is 32.1 Å². The van der Waals surface area contributed by atoms with Crippen LogP contribution in [0.3, 0.4) is 0 Å². The monoisotopic (exact) mass is 322 g/mol. The first-order valence-electron chi connectivity index (χ1n) is 8.69. The third-order valence-electron chi connectivity index (χ3n) is 4.76. The van der Waals surface area contributed by atoms with E-state index in [-0.39, 0.29) is 6.61 Å². The number of hydrogen-bond acceptors (Lipinski definition) is 4.